The number of carboxylic acids is 1. The Bertz CT molecular complexity index is 1140. The van der Waals surface area contributed by atoms with Crippen LogP contribution in [0.15, 0.2) is 48.5 Å². The summed E-state index contributed by atoms with van der Waals surface area (Å²) in [4.78, 5) is 37.9. The van der Waals surface area contributed by atoms with E-state index in [2.05, 4.69) is 10.6 Å². The molecule has 2 aromatic rings. The Morgan fingerprint density at radius 2 is 1.55 bits per heavy atom. The number of carbonyl (C=O) groups excluding carboxylic acids is 2. The third-order valence-electron chi connectivity index (χ3n) is 7.12. The number of unbranched alkanes of at least 4 members (excludes halogenated alkanes) is 1. The molecule has 2 rings (SSSR count). The summed E-state index contributed by atoms with van der Waals surface area (Å²) in [6, 6.07) is 11.4. The van der Waals surface area contributed by atoms with Crippen molar-refractivity contribution in [2.45, 2.75) is 78.4 Å². The van der Waals surface area contributed by atoms with Crippen molar-refractivity contribution in [3.8, 4) is 11.1 Å². The Morgan fingerprint density at radius 1 is 0.900 bits per heavy atom. The summed E-state index contributed by atoms with van der Waals surface area (Å²) in [6.07, 6.45) is -1.45. The number of amides is 2. The zero-order valence-corrected chi connectivity index (χ0v) is 23.9. The first-order chi connectivity index (χ1) is 18.7. The lowest BCUT2D eigenvalue weighted by Gasteiger charge is -2.31. The van der Waals surface area contributed by atoms with Crippen LogP contribution in [-0.2, 0) is 27.0 Å². The molecule has 40 heavy (non-hydrogen) atoms. The molecule has 0 aliphatic rings. The second kappa shape index (κ2) is 14.3. The number of aryl methyl sites for hydroxylation is 1. The minimum absolute atomic E-state index is 0.147. The van der Waals surface area contributed by atoms with Gasteiger partial charge in [-0.15, -0.1) is 0 Å². The van der Waals surface area contributed by atoms with Crippen LogP contribution in [0.1, 0.15) is 70.9 Å². The average molecular weight is 563 g/mol. The Labute approximate surface area is 234 Å². The molecular weight excluding hydrogens is 521 g/mol. The first kappa shape index (κ1) is 32.8. The lowest BCUT2D eigenvalue weighted by Crippen LogP contribution is -2.54. The summed E-state index contributed by atoms with van der Waals surface area (Å²) in [5, 5.41) is 15.2. The van der Waals surface area contributed by atoms with E-state index in [0.29, 0.717) is 30.4 Å². The number of rotatable bonds is 13. The van der Waals surface area contributed by atoms with Crippen LogP contribution in [0.5, 0.6) is 0 Å². The summed E-state index contributed by atoms with van der Waals surface area (Å²) < 4.78 is 39.3. The number of nitrogens with one attached hydrogen (secondary N) is 2. The van der Waals surface area contributed by atoms with E-state index in [4.69, 9.17) is 0 Å². The normalized spacial score (nSPS) is 14.2. The van der Waals surface area contributed by atoms with Crippen LogP contribution < -0.4 is 10.6 Å². The Kier molecular flexibility index (Phi) is 11.8. The largest absolute Gasteiger partial charge is 0.481 e. The topological polar surface area (TPSA) is 95.5 Å². The van der Waals surface area contributed by atoms with Gasteiger partial charge in [-0.05, 0) is 59.9 Å². The molecule has 0 spiro atoms. The van der Waals surface area contributed by atoms with Crippen LogP contribution >= 0.6 is 0 Å². The number of halogens is 3. The molecule has 3 N–H and O–H groups in total. The highest BCUT2D eigenvalue weighted by Crippen LogP contribution is 2.32. The molecule has 220 valence electrons. The van der Waals surface area contributed by atoms with E-state index < -0.39 is 41.0 Å². The number of benzene rings is 2. The molecule has 2 amide bonds. The molecule has 0 aliphatic heterocycles. The van der Waals surface area contributed by atoms with Crippen LogP contribution in [0.25, 0.3) is 11.1 Å². The molecule has 0 fully saturated rings. The van der Waals surface area contributed by atoms with Crippen LogP contribution in [0.2, 0.25) is 0 Å². The van der Waals surface area contributed by atoms with E-state index in [9.17, 15) is 32.7 Å². The Balaban J connectivity index is 2.24. The SMILES string of the molecule is CCCC[C@H](C[C@@H](CCc1ccc(-c2cccc(C(F)(F)F)c2)cc1)C(=O)N[C@H](C(=O)NC)C(C)(C)C)C(=O)O. The zero-order chi connectivity index (χ0) is 30.1. The van der Waals surface area contributed by atoms with Gasteiger partial charge in [0.15, 0.2) is 0 Å². The number of aliphatic carboxylic acids is 1. The van der Waals surface area contributed by atoms with Gasteiger partial charge in [-0.3, -0.25) is 14.4 Å². The molecule has 0 bridgehead atoms. The highest BCUT2D eigenvalue weighted by Gasteiger charge is 2.35. The van der Waals surface area contributed by atoms with Crippen LogP contribution in [-0.4, -0.2) is 36.0 Å². The first-order valence-electron chi connectivity index (χ1n) is 13.7. The maximum atomic E-state index is 13.4. The van der Waals surface area contributed by atoms with Crippen LogP contribution in [0, 0.1) is 17.3 Å². The van der Waals surface area contributed by atoms with Crippen LogP contribution in [0.4, 0.5) is 13.2 Å². The van der Waals surface area contributed by atoms with Gasteiger partial charge in [0, 0.05) is 13.0 Å². The average Bonchev–Trinajstić information content (AvgIpc) is 2.89. The molecule has 6 nitrogen and oxygen atoms in total. The van der Waals surface area contributed by atoms with Gasteiger partial charge < -0.3 is 15.7 Å². The van der Waals surface area contributed by atoms with Crippen molar-refractivity contribution < 1.29 is 32.7 Å². The number of carbonyl (C=O) groups is 3. The lowest BCUT2D eigenvalue weighted by atomic mass is 9.83. The predicted octanol–water partition coefficient (Wildman–Crippen LogP) is 6.48. The van der Waals surface area contributed by atoms with Gasteiger partial charge in [0.2, 0.25) is 11.8 Å². The van der Waals surface area contributed by atoms with Gasteiger partial charge in [-0.2, -0.15) is 13.2 Å². The van der Waals surface area contributed by atoms with Crippen molar-refractivity contribution in [2.75, 3.05) is 7.05 Å². The summed E-state index contributed by atoms with van der Waals surface area (Å²) in [5.74, 6) is -2.98. The molecular formula is C31H41F3N2O4. The minimum atomic E-state index is -4.43. The number of carboxylic acid groups (broad SMARTS) is 1. The number of hydrogen-bond donors (Lipinski definition) is 3. The van der Waals surface area contributed by atoms with Gasteiger partial charge in [0.05, 0.1) is 11.5 Å². The molecule has 0 aromatic heterocycles. The fraction of sp³-hybridized carbons (Fsp3) is 0.516. The zero-order valence-electron chi connectivity index (χ0n) is 23.9. The Morgan fingerprint density at radius 3 is 2.08 bits per heavy atom. The van der Waals surface area contributed by atoms with Gasteiger partial charge in [-0.25, -0.2) is 0 Å². The quantitative estimate of drug-likeness (QED) is 0.260. The van der Waals surface area contributed by atoms with Gasteiger partial charge in [0.25, 0.3) is 0 Å². The van der Waals surface area contributed by atoms with Crippen LogP contribution in [0.3, 0.4) is 0 Å². The van der Waals surface area contributed by atoms with Crippen molar-refractivity contribution in [1.82, 2.24) is 10.6 Å². The molecule has 0 unspecified atom stereocenters. The van der Waals surface area contributed by atoms with E-state index in [0.717, 1.165) is 30.5 Å². The van der Waals surface area contributed by atoms with Gasteiger partial charge in [-0.1, -0.05) is 76.9 Å². The molecule has 0 radical (unpaired) electrons. The fourth-order valence-corrected chi connectivity index (χ4v) is 4.65. The van der Waals surface area contributed by atoms with E-state index in [1.54, 1.807) is 30.3 Å². The van der Waals surface area contributed by atoms with Crippen molar-refractivity contribution in [1.29, 1.82) is 0 Å². The molecule has 0 heterocycles. The van der Waals surface area contributed by atoms with Crippen molar-refractivity contribution in [3.05, 3.63) is 59.7 Å². The summed E-state index contributed by atoms with van der Waals surface area (Å²) in [5.41, 5.74) is 0.667. The van der Waals surface area contributed by atoms with Gasteiger partial charge in [0.1, 0.15) is 6.04 Å². The molecule has 0 saturated carbocycles. The summed E-state index contributed by atoms with van der Waals surface area (Å²) >= 11 is 0. The first-order valence-corrected chi connectivity index (χ1v) is 13.7. The monoisotopic (exact) mass is 562 g/mol. The highest BCUT2D eigenvalue weighted by atomic mass is 19.4. The fourth-order valence-electron chi connectivity index (χ4n) is 4.65. The molecule has 0 saturated heterocycles. The Hall–Kier alpha value is -3.36. The van der Waals surface area contributed by atoms with E-state index in [1.165, 1.54) is 13.1 Å². The minimum Gasteiger partial charge on any atom is -0.481 e. The standard InChI is InChI=1S/C31H41F3N2O4/c1-6-7-9-24(29(39)40)18-23(27(37)36-26(28(38)35-5)30(2,3)4)17-14-20-12-15-21(16-13-20)22-10-8-11-25(19-22)31(32,33)34/h8,10-13,15-16,19,23-24,26H,6-7,9,14,17-18H2,1-5H3,(H,35,38)(H,36,37)(H,39,40)/t23-,24-,26-/m1/s1. The molecule has 9 heteroatoms. The van der Waals surface area contributed by atoms with Gasteiger partial charge >= 0.3 is 12.1 Å². The van der Waals surface area contributed by atoms with E-state index in [-0.39, 0.29) is 18.2 Å². The highest BCUT2D eigenvalue weighted by molar-refractivity contribution is 5.89. The maximum Gasteiger partial charge on any atom is 0.416 e. The van der Waals surface area contributed by atoms with Crippen molar-refractivity contribution in [2.24, 2.45) is 17.3 Å². The smallest absolute Gasteiger partial charge is 0.416 e. The number of alkyl halides is 3. The third-order valence-corrected chi connectivity index (χ3v) is 7.12. The third kappa shape index (κ3) is 9.68. The van der Waals surface area contributed by atoms with Crippen molar-refractivity contribution in [3.63, 3.8) is 0 Å². The van der Waals surface area contributed by atoms with E-state index in [1.807, 2.05) is 27.7 Å². The molecule has 0 aliphatic carbocycles. The van der Waals surface area contributed by atoms with E-state index >= 15 is 0 Å². The predicted molar refractivity (Wildman–Crippen MR) is 149 cm³/mol. The molecule has 2 aromatic carbocycles. The number of likely N-dealkylation sites (N-methyl/N-ethyl adjacent to an activating group) is 1. The summed E-state index contributed by atoms with van der Waals surface area (Å²) in [6.45, 7) is 7.50. The maximum absolute atomic E-state index is 13.4. The second-order valence-electron chi connectivity index (χ2n) is 11.3. The molecule has 3 atom stereocenters. The summed E-state index contributed by atoms with van der Waals surface area (Å²) in [7, 11) is 1.50. The lowest BCUT2D eigenvalue weighted by molar-refractivity contribution is -0.143. The van der Waals surface area contributed by atoms with Crippen molar-refractivity contribution >= 4 is 17.8 Å². The number of hydrogen-bond acceptors (Lipinski definition) is 3. The second-order valence-corrected chi connectivity index (χ2v) is 11.3.